The second kappa shape index (κ2) is 7.49. The van der Waals surface area contributed by atoms with Crippen LogP contribution in [0.25, 0.3) is 0 Å². The van der Waals surface area contributed by atoms with Crippen LogP contribution in [0.15, 0.2) is 91.0 Å². The largest absolute Gasteiger partial charge is 0.411 e. The normalized spacial score (nSPS) is 12.1. The Bertz CT molecular complexity index is 688. The van der Waals surface area contributed by atoms with Crippen LogP contribution in [0.5, 0.6) is 0 Å². The average molecular weight is 365 g/mol. The van der Waals surface area contributed by atoms with Crippen molar-refractivity contribution in [3.8, 4) is 0 Å². The van der Waals surface area contributed by atoms with E-state index in [1.54, 1.807) is 6.55 Å². The maximum Gasteiger partial charge on any atom is 0.329 e. The Labute approximate surface area is 151 Å². The van der Waals surface area contributed by atoms with Crippen LogP contribution in [0.2, 0.25) is 18.6 Å². The molecule has 0 saturated heterocycles. The molecule has 3 aromatic carbocycles. The third-order valence-electron chi connectivity index (χ3n) is 4.77. The molecule has 0 radical (unpaired) electrons. The highest BCUT2D eigenvalue weighted by atomic mass is 28.4. The molecule has 4 heteroatoms. The van der Waals surface area contributed by atoms with E-state index < -0.39 is 16.6 Å². The van der Waals surface area contributed by atoms with Gasteiger partial charge in [-0.2, -0.15) is 0 Å². The molecule has 0 amide bonds. The molecule has 0 heterocycles. The zero-order valence-corrected chi connectivity index (χ0v) is 16.5. The van der Waals surface area contributed by atoms with Crippen molar-refractivity contribution in [1.82, 2.24) is 0 Å². The van der Waals surface area contributed by atoms with Gasteiger partial charge in [-0.15, -0.1) is 0 Å². The van der Waals surface area contributed by atoms with Crippen LogP contribution < -0.4 is 15.6 Å². The third kappa shape index (κ3) is 3.99. The molecule has 3 rings (SSSR count). The Morgan fingerprint density at radius 1 is 0.560 bits per heavy atom. The Morgan fingerprint density at radius 2 is 0.880 bits per heavy atom. The molecular weight excluding hydrogens is 340 g/mol. The van der Waals surface area contributed by atoms with Crippen LogP contribution in [0.1, 0.15) is 0 Å². The van der Waals surface area contributed by atoms with Gasteiger partial charge in [0.2, 0.25) is 0 Å². The van der Waals surface area contributed by atoms with E-state index in [0.717, 1.165) is 6.04 Å². The van der Waals surface area contributed by atoms with Gasteiger partial charge in [0, 0.05) is 0 Å². The highest BCUT2D eigenvalue weighted by Crippen LogP contribution is 2.19. The lowest BCUT2D eigenvalue weighted by Gasteiger charge is -2.34. The van der Waals surface area contributed by atoms with Gasteiger partial charge in [-0.25, -0.2) is 0 Å². The van der Waals surface area contributed by atoms with Gasteiger partial charge < -0.3 is 9.59 Å². The molecule has 0 bridgehead atoms. The Balaban J connectivity index is 2.24. The first-order valence-corrected chi connectivity index (χ1v) is 13.4. The summed E-state index contributed by atoms with van der Waals surface area (Å²) in [5.41, 5.74) is 0. The second-order valence-corrected chi connectivity index (χ2v) is 13.7. The van der Waals surface area contributed by atoms with Gasteiger partial charge in [0.25, 0.3) is 0 Å². The highest BCUT2D eigenvalue weighted by Gasteiger charge is 2.41. The minimum atomic E-state index is -3.13. The first kappa shape index (κ1) is 17.8. The Hall–Kier alpha value is -1.99. The number of benzene rings is 3. The van der Waals surface area contributed by atoms with Crippen LogP contribution in [-0.4, -0.2) is 26.2 Å². The summed E-state index contributed by atoms with van der Waals surface area (Å²) in [5.74, 6) is 0. The van der Waals surface area contributed by atoms with Crippen LogP contribution in [0.3, 0.4) is 0 Å². The molecule has 2 nitrogen and oxygen atoms in total. The molecule has 0 aliphatic heterocycles. The van der Waals surface area contributed by atoms with Gasteiger partial charge in [-0.05, 0) is 34.2 Å². The van der Waals surface area contributed by atoms with Crippen molar-refractivity contribution >= 4 is 32.2 Å². The van der Waals surface area contributed by atoms with Gasteiger partial charge in [-0.1, -0.05) is 91.0 Å². The summed E-state index contributed by atoms with van der Waals surface area (Å²) in [7, 11) is -5.45. The fourth-order valence-electron chi connectivity index (χ4n) is 3.53. The zero-order chi connectivity index (χ0) is 17.8. The maximum absolute atomic E-state index is 10.1. The van der Waals surface area contributed by atoms with Crippen LogP contribution >= 0.6 is 0 Å². The van der Waals surface area contributed by atoms with E-state index in [0.29, 0.717) is 6.04 Å². The monoisotopic (exact) mass is 364 g/mol. The maximum atomic E-state index is 10.1. The van der Waals surface area contributed by atoms with Crippen molar-refractivity contribution in [1.29, 1.82) is 0 Å². The van der Waals surface area contributed by atoms with Crippen molar-refractivity contribution in [2.24, 2.45) is 0 Å². The lowest BCUT2D eigenvalue weighted by atomic mass is 10.3. The topological polar surface area (TPSA) is 40.5 Å². The van der Waals surface area contributed by atoms with Crippen LogP contribution in [0, 0.1) is 0 Å². The molecule has 0 saturated carbocycles. The van der Waals surface area contributed by atoms with Crippen molar-refractivity contribution in [3.05, 3.63) is 91.0 Å². The lowest BCUT2D eigenvalue weighted by Crippen LogP contribution is -2.67. The first-order valence-electron chi connectivity index (χ1n) is 8.64. The zero-order valence-electron chi connectivity index (χ0n) is 14.5. The summed E-state index contributed by atoms with van der Waals surface area (Å²) in [5, 5.41) is 3.93. The molecule has 0 aliphatic carbocycles. The summed E-state index contributed by atoms with van der Waals surface area (Å²) in [6.07, 6.45) is 0. The molecule has 0 spiro atoms. The minimum absolute atomic E-state index is 0.470. The van der Waals surface area contributed by atoms with E-state index >= 15 is 0 Å². The first-order chi connectivity index (χ1) is 12.0. The molecular formula is C21H24O2Si2. The predicted octanol–water partition coefficient (Wildman–Crippen LogP) is 2.21. The van der Waals surface area contributed by atoms with Gasteiger partial charge in [0.15, 0.2) is 0 Å². The number of hydrogen-bond donors (Lipinski definition) is 2. The van der Waals surface area contributed by atoms with Gasteiger partial charge >= 0.3 is 8.56 Å². The summed E-state index contributed by atoms with van der Waals surface area (Å²) < 4.78 is 0. The van der Waals surface area contributed by atoms with Crippen molar-refractivity contribution in [3.63, 3.8) is 0 Å². The number of rotatable bonds is 6. The third-order valence-corrected chi connectivity index (χ3v) is 11.4. The van der Waals surface area contributed by atoms with Crippen molar-refractivity contribution in [2.45, 2.75) is 18.6 Å². The fourth-order valence-corrected chi connectivity index (χ4v) is 11.1. The summed E-state index contributed by atoms with van der Waals surface area (Å²) in [4.78, 5) is 20.3. The highest BCUT2D eigenvalue weighted by molar-refractivity contribution is 7.11. The van der Waals surface area contributed by atoms with Crippen LogP contribution in [0.4, 0.5) is 0 Å². The standard InChI is InChI=1S/C21H24O2Si2/c1-24(22,23)17-18-25(19-11-5-2-6-12-19,20-13-7-3-8-14-20)21-15-9-4-10-16-21/h2-16,22-23H,17-18H2,1H3. The predicted molar refractivity (Wildman–Crippen MR) is 110 cm³/mol. The fraction of sp³-hybridized carbons (Fsp3) is 0.143. The summed E-state index contributed by atoms with van der Waals surface area (Å²) in [6.45, 7) is 1.60. The van der Waals surface area contributed by atoms with E-state index in [1.165, 1.54) is 15.6 Å². The van der Waals surface area contributed by atoms with Crippen LogP contribution in [-0.2, 0) is 0 Å². The van der Waals surface area contributed by atoms with E-state index in [4.69, 9.17) is 0 Å². The van der Waals surface area contributed by atoms with Gasteiger partial charge in [0.05, 0.1) is 0 Å². The smallest absolute Gasteiger partial charge is 0.329 e. The van der Waals surface area contributed by atoms with E-state index in [1.807, 2.05) is 18.2 Å². The Morgan fingerprint density at radius 3 is 1.16 bits per heavy atom. The van der Waals surface area contributed by atoms with Gasteiger partial charge in [-0.3, -0.25) is 0 Å². The molecule has 0 unspecified atom stereocenters. The van der Waals surface area contributed by atoms with E-state index in [2.05, 4.69) is 72.8 Å². The molecule has 0 fully saturated rings. The molecule has 3 aromatic rings. The molecule has 2 N–H and O–H groups in total. The SMILES string of the molecule is C[Si](O)(O)CC[Si](c1ccccc1)(c1ccccc1)c1ccccc1. The minimum Gasteiger partial charge on any atom is -0.411 e. The molecule has 0 aliphatic rings. The second-order valence-electron chi connectivity index (χ2n) is 6.72. The lowest BCUT2D eigenvalue weighted by molar-refractivity contribution is 0.372. The molecule has 25 heavy (non-hydrogen) atoms. The molecule has 0 aromatic heterocycles. The average Bonchev–Trinajstić information content (AvgIpc) is 2.64. The van der Waals surface area contributed by atoms with Crippen molar-refractivity contribution < 1.29 is 9.59 Å². The van der Waals surface area contributed by atoms with Crippen molar-refractivity contribution in [2.75, 3.05) is 0 Å². The van der Waals surface area contributed by atoms with E-state index in [-0.39, 0.29) is 0 Å². The summed E-state index contributed by atoms with van der Waals surface area (Å²) in [6, 6.07) is 33.0. The van der Waals surface area contributed by atoms with Gasteiger partial charge in [0.1, 0.15) is 8.07 Å². The molecule has 0 atom stereocenters. The quantitative estimate of drug-likeness (QED) is 0.520. The number of hydrogen-bond acceptors (Lipinski definition) is 2. The van der Waals surface area contributed by atoms with E-state index in [9.17, 15) is 9.59 Å². The molecule has 128 valence electrons. The summed E-state index contributed by atoms with van der Waals surface area (Å²) >= 11 is 0. The Kier molecular flexibility index (Phi) is 5.34.